The second-order valence-corrected chi connectivity index (χ2v) is 4.65. The van der Waals surface area contributed by atoms with E-state index in [4.69, 9.17) is 4.74 Å². The average Bonchev–Trinajstić information content (AvgIpc) is 2.40. The van der Waals surface area contributed by atoms with Crippen molar-refractivity contribution in [3.63, 3.8) is 0 Å². The molecule has 1 aromatic rings. The van der Waals surface area contributed by atoms with Gasteiger partial charge < -0.3 is 15.2 Å². The summed E-state index contributed by atoms with van der Waals surface area (Å²) >= 11 is 0. The molecule has 124 valence electrons. The molecule has 2 unspecified atom stereocenters. The molecule has 0 aliphatic carbocycles. The van der Waals surface area contributed by atoms with Crippen molar-refractivity contribution in [2.75, 3.05) is 13.1 Å². The minimum atomic E-state index is -0.562. The maximum Gasteiger partial charge on any atom is 0.176 e. The second kappa shape index (κ2) is 12.3. The lowest BCUT2D eigenvalue weighted by Gasteiger charge is -2.30. The van der Waals surface area contributed by atoms with Crippen LogP contribution in [0, 0.1) is 0 Å². The SMILES string of the molecule is CC(O)C(NC1CCNCC1)Oc1ccncc1.Cl.Cl.Cl. The Morgan fingerprint density at radius 3 is 2.33 bits per heavy atom. The number of nitrogens with one attached hydrogen (secondary N) is 2. The lowest BCUT2D eigenvalue weighted by molar-refractivity contribution is 0.0165. The molecule has 1 aliphatic rings. The van der Waals surface area contributed by atoms with Crippen LogP contribution in [0.1, 0.15) is 19.8 Å². The fourth-order valence-corrected chi connectivity index (χ4v) is 2.06. The standard InChI is InChI=1S/C13H21N3O2.3ClH/c1-10(17)13(16-11-2-6-14-7-3-11)18-12-4-8-15-9-5-12;;;/h4-5,8-11,13-14,16-17H,2-3,6-7H2,1H3;3*1H. The molecular formula is C13H24Cl3N3O2. The summed E-state index contributed by atoms with van der Waals surface area (Å²) in [5.41, 5.74) is 0. The first kappa shape index (κ1) is 23.0. The van der Waals surface area contributed by atoms with Gasteiger partial charge in [-0.3, -0.25) is 10.3 Å². The number of aliphatic hydroxyl groups excluding tert-OH is 1. The second-order valence-electron chi connectivity index (χ2n) is 4.65. The predicted molar refractivity (Wildman–Crippen MR) is 91.1 cm³/mol. The molecule has 2 rings (SSSR count). The third-order valence-corrected chi connectivity index (χ3v) is 3.09. The van der Waals surface area contributed by atoms with Crippen LogP contribution in [-0.2, 0) is 0 Å². The Bertz CT molecular complexity index is 352. The highest BCUT2D eigenvalue weighted by molar-refractivity contribution is 5.86. The fraction of sp³-hybridized carbons (Fsp3) is 0.615. The number of nitrogens with zero attached hydrogens (tertiary/aromatic N) is 1. The van der Waals surface area contributed by atoms with Crippen molar-refractivity contribution in [1.82, 2.24) is 15.6 Å². The van der Waals surface area contributed by atoms with Gasteiger partial charge in [0, 0.05) is 18.4 Å². The van der Waals surface area contributed by atoms with Crippen LogP contribution < -0.4 is 15.4 Å². The topological polar surface area (TPSA) is 66.4 Å². The first-order valence-electron chi connectivity index (χ1n) is 6.47. The van der Waals surface area contributed by atoms with Gasteiger partial charge in [0.15, 0.2) is 6.23 Å². The molecule has 0 bridgehead atoms. The molecule has 0 amide bonds. The van der Waals surface area contributed by atoms with Crippen LogP contribution >= 0.6 is 37.2 Å². The summed E-state index contributed by atoms with van der Waals surface area (Å²) in [6, 6.07) is 3.98. The maximum atomic E-state index is 9.79. The molecule has 2 atom stereocenters. The largest absolute Gasteiger partial charge is 0.472 e. The maximum absolute atomic E-state index is 9.79. The Labute approximate surface area is 144 Å². The summed E-state index contributed by atoms with van der Waals surface area (Å²) in [6.45, 7) is 3.76. The number of piperidine rings is 1. The highest BCUT2D eigenvalue weighted by atomic mass is 35.5. The van der Waals surface area contributed by atoms with Crippen molar-refractivity contribution < 1.29 is 9.84 Å². The van der Waals surface area contributed by atoms with Gasteiger partial charge in [0.25, 0.3) is 0 Å². The molecule has 0 saturated carbocycles. The van der Waals surface area contributed by atoms with Crippen molar-refractivity contribution in [2.45, 2.75) is 38.1 Å². The molecule has 0 radical (unpaired) electrons. The molecule has 1 saturated heterocycles. The number of pyridine rings is 1. The number of aromatic nitrogens is 1. The molecule has 1 aromatic heterocycles. The lowest BCUT2D eigenvalue weighted by Crippen LogP contribution is -2.51. The highest BCUT2D eigenvalue weighted by Crippen LogP contribution is 2.12. The van der Waals surface area contributed by atoms with E-state index >= 15 is 0 Å². The van der Waals surface area contributed by atoms with E-state index in [1.54, 1.807) is 31.5 Å². The molecule has 0 aromatic carbocycles. The van der Waals surface area contributed by atoms with Crippen LogP contribution in [0.2, 0.25) is 0 Å². The van der Waals surface area contributed by atoms with Crippen LogP contribution in [0.3, 0.4) is 0 Å². The smallest absolute Gasteiger partial charge is 0.176 e. The Morgan fingerprint density at radius 1 is 1.24 bits per heavy atom. The monoisotopic (exact) mass is 359 g/mol. The van der Waals surface area contributed by atoms with Crippen molar-refractivity contribution in [1.29, 1.82) is 0 Å². The minimum absolute atomic E-state index is 0. The van der Waals surface area contributed by atoms with Gasteiger partial charge in [-0.15, -0.1) is 37.2 Å². The number of rotatable bonds is 5. The first-order chi connectivity index (χ1) is 8.75. The van der Waals surface area contributed by atoms with E-state index in [1.807, 2.05) is 0 Å². The molecule has 3 N–H and O–H groups in total. The van der Waals surface area contributed by atoms with Gasteiger partial charge >= 0.3 is 0 Å². The van der Waals surface area contributed by atoms with Gasteiger partial charge in [-0.1, -0.05) is 0 Å². The Kier molecular flexibility index (Phi) is 13.4. The zero-order valence-electron chi connectivity index (χ0n) is 11.9. The van der Waals surface area contributed by atoms with Gasteiger partial charge in [-0.05, 0) is 45.0 Å². The summed E-state index contributed by atoms with van der Waals surface area (Å²) in [4.78, 5) is 3.94. The zero-order valence-corrected chi connectivity index (χ0v) is 14.3. The predicted octanol–water partition coefficient (Wildman–Crippen LogP) is 1.77. The lowest BCUT2D eigenvalue weighted by atomic mass is 10.1. The van der Waals surface area contributed by atoms with E-state index in [9.17, 15) is 5.11 Å². The van der Waals surface area contributed by atoms with Crippen LogP contribution in [0.5, 0.6) is 5.75 Å². The molecule has 5 nitrogen and oxygen atoms in total. The van der Waals surface area contributed by atoms with Gasteiger partial charge in [0.2, 0.25) is 0 Å². The van der Waals surface area contributed by atoms with E-state index < -0.39 is 6.10 Å². The van der Waals surface area contributed by atoms with Crippen molar-refractivity contribution in [3.8, 4) is 5.75 Å². The Hall–Kier alpha value is -0.300. The fourth-order valence-electron chi connectivity index (χ4n) is 2.06. The quantitative estimate of drug-likeness (QED) is 0.699. The molecule has 0 spiro atoms. The summed E-state index contributed by atoms with van der Waals surface area (Å²) in [7, 11) is 0. The van der Waals surface area contributed by atoms with E-state index in [0.29, 0.717) is 6.04 Å². The number of hydrogen-bond acceptors (Lipinski definition) is 5. The molecular weight excluding hydrogens is 337 g/mol. The van der Waals surface area contributed by atoms with Crippen LogP contribution in [0.4, 0.5) is 0 Å². The zero-order chi connectivity index (χ0) is 12.8. The Balaban J connectivity index is 0. The summed E-state index contributed by atoms with van der Waals surface area (Å²) in [5.74, 6) is 0.720. The van der Waals surface area contributed by atoms with Gasteiger partial charge in [-0.25, -0.2) is 0 Å². The van der Waals surface area contributed by atoms with Gasteiger partial charge in [-0.2, -0.15) is 0 Å². The Morgan fingerprint density at radius 2 is 1.81 bits per heavy atom. The third kappa shape index (κ3) is 8.04. The van der Waals surface area contributed by atoms with Crippen LogP contribution in [-0.4, -0.2) is 41.6 Å². The summed E-state index contributed by atoms with van der Waals surface area (Å²) < 4.78 is 5.76. The number of hydrogen-bond donors (Lipinski definition) is 3. The highest BCUT2D eigenvalue weighted by Gasteiger charge is 2.22. The van der Waals surface area contributed by atoms with E-state index in [-0.39, 0.29) is 43.4 Å². The van der Waals surface area contributed by atoms with E-state index in [1.165, 1.54) is 0 Å². The molecule has 1 aliphatic heterocycles. The molecule has 8 heteroatoms. The summed E-state index contributed by atoms with van der Waals surface area (Å²) in [6.07, 6.45) is 4.53. The molecule has 2 heterocycles. The van der Waals surface area contributed by atoms with Crippen molar-refractivity contribution in [2.24, 2.45) is 0 Å². The third-order valence-electron chi connectivity index (χ3n) is 3.09. The minimum Gasteiger partial charge on any atom is -0.472 e. The first-order valence-corrected chi connectivity index (χ1v) is 6.47. The van der Waals surface area contributed by atoms with Crippen molar-refractivity contribution in [3.05, 3.63) is 24.5 Å². The van der Waals surface area contributed by atoms with Crippen molar-refractivity contribution >= 4 is 37.2 Å². The molecule has 1 fully saturated rings. The number of ether oxygens (including phenoxy) is 1. The van der Waals surface area contributed by atoms with E-state index in [0.717, 1.165) is 31.7 Å². The molecule has 21 heavy (non-hydrogen) atoms. The van der Waals surface area contributed by atoms with Gasteiger partial charge in [0.1, 0.15) is 11.9 Å². The number of halogens is 3. The normalized spacial score (nSPS) is 17.4. The van der Waals surface area contributed by atoms with Crippen LogP contribution in [0.15, 0.2) is 24.5 Å². The number of aliphatic hydroxyl groups is 1. The summed E-state index contributed by atoms with van der Waals surface area (Å²) in [5, 5.41) is 16.5. The van der Waals surface area contributed by atoms with Gasteiger partial charge in [0.05, 0.1) is 0 Å². The average molecular weight is 361 g/mol. The van der Waals surface area contributed by atoms with Crippen LogP contribution in [0.25, 0.3) is 0 Å². The van der Waals surface area contributed by atoms with E-state index in [2.05, 4.69) is 15.6 Å².